The molecule has 12 rings (SSSR count). The van der Waals surface area contributed by atoms with Crippen molar-refractivity contribution in [1.29, 1.82) is 0 Å². The molecule has 21 nitrogen and oxygen atoms in total. The average Bonchev–Trinajstić information content (AvgIpc) is 0.865. The lowest BCUT2D eigenvalue weighted by Crippen LogP contribution is -2.40. The number of benzene rings is 3. The van der Waals surface area contributed by atoms with Crippen LogP contribution in [-0.2, 0) is 14.2 Å². The summed E-state index contributed by atoms with van der Waals surface area (Å²) in [4.78, 5) is 33.2. The van der Waals surface area contributed by atoms with Crippen molar-refractivity contribution in [1.82, 2.24) is 45.9 Å². The third-order valence-electron chi connectivity index (χ3n) is 18.6. The van der Waals surface area contributed by atoms with E-state index in [2.05, 4.69) is 113 Å². The number of nitrogens with one attached hydrogen (secondary N) is 6. The van der Waals surface area contributed by atoms with Crippen molar-refractivity contribution in [3.05, 3.63) is 106 Å². The quantitative estimate of drug-likeness (QED) is 0.0264. The maximum absolute atomic E-state index is 13.0. The Morgan fingerprint density at radius 3 is 1.13 bits per heavy atom. The van der Waals surface area contributed by atoms with Crippen LogP contribution in [0.5, 0.6) is 17.6 Å². The Morgan fingerprint density at radius 1 is 0.460 bits per heavy atom. The van der Waals surface area contributed by atoms with Crippen LogP contribution in [0.15, 0.2) is 91.4 Å². The second kappa shape index (κ2) is 39.2. The topological polar surface area (TPSA) is 215 Å². The number of morpholine rings is 3. The molecule has 100 heavy (non-hydrogen) atoms. The van der Waals surface area contributed by atoms with Crippen LogP contribution >= 0.6 is 34.8 Å². The third kappa shape index (κ3) is 25.5. The highest BCUT2D eigenvalue weighted by Gasteiger charge is 2.28. The number of hydrogen-bond donors (Lipinski definition) is 6. The lowest BCUT2D eigenvalue weighted by Gasteiger charge is -2.29. The normalized spacial score (nSPS) is 21.8. The molecule has 6 aromatic rings. The summed E-state index contributed by atoms with van der Waals surface area (Å²) >= 11 is 18.8. The molecule has 3 aromatic carbocycles. The van der Waals surface area contributed by atoms with E-state index in [1.54, 1.807) is 26.2 Å². The van der Waals surface area contributed by atoms with Crippen LogP contribution in [0.25, 0.3) is 0 Å². The highest BCUT2D eigenvalue weighted by atomic mass is 35.5. The van der Waals surface area contributed by atoms with Crippen LogP contribution in [0.2, 0.25) is 15.1 Å². The monoisotopic (exact) mass is 1450 g/mol. The number of rotatable bonds is 27. The lowest BCUT2D eigenvalue weighted by molar-refractivity contribution is 0.0177. The third-order valence-corrected chi connectivity index (χ3v) is 19.4. The molecule has 6 N–H and O–H groups in total. The summed E-state index contributed by atoms with van der Waals surface area (Å²) in [5, 5.41) is 20.4. The molecule has 0 spiro atoms. The smallest absolute Gasteiger partial charge is 0.257 e. The Hall–Kier alpha value is -6.55. The molecule has 6 fully saturated rings. The Kier molecular flexibility index (Phi) is 29.8. The maximum atomic E-state index is 13.0. The minimum absolute atomic E-state index is 0.134. The molecule has 6 aliphatic rings. The van der Waals surface area contributed by atoms with Crippen molar-refractivity contribution in [2.75, 3.05) is 149 Å². The van der Waals surface area contributed by atoms with Crippen molar-refractivity contribution in [2.45, 2.75) is 134 Å². The van der Waals surface area contributed by atoms with Crippen LogP contribution in [0.3, 0.4) is 0 Å². The highest BCUT2D eigenvalue weighted by Crippen LogP contribution is 2.34. The summed E-state index contributed by atoms with van der Waals surface area (Å²) in [6, 6.07) is 25.4. The summed E-state index contributed by atoms with van der Waals surface area (Å²) in [6.45, 7) is 16.2. The first-order valence-electron chi connectivity index (χ1n) is 35.4. The molecule has 3 aromatic heterocycles. The molecule has 3 saturated carbocycles. The van der Waals surface area contributed by atoms with E-state index in [0.29, 0.717) is 113 Å². The van der Waals surface area contributed by atoms with Crippen LogP contribution < -0.4 is 60.8 Å². The van der Waals surface area contributed by atoms with Gasteiger partial charge in [0, 0.05) is 112 Å². The molecule has 3 saturated heterocycles. The van der Waals surface area contributed by atoms with Gasteiger partial charge in [0.2, 0.25) is 35.5 Å². The first-order valence-corrected chi connectivity index (χ1v) is 36.5. The molecule has 3 aliphatic heterocycles. The zero-order valence-electron chi connectivity index (χ0n) is 57.6. The molecular weight excluding hydrogens is 1350 g/mol. The van der Waals surface area contributed by atoms with E-state index < -0.39 is 18.3 Å². The van der Waals surface area contributed by atoms with Crippen molar-refractivity contribution >= 4 is 86.8 Å². The van der Waals surface area contributed by atoms with Gasteiger partial charge in [0.05, 0.1) is 84.6 Å². The van der Waals surface area contributed by atoms with Crippen LogP contribution in [0.1, 0.15) is 97.8 Å². The number of hydrogen-bond acceptors (Lipinski definition) is 21. The van der Waals surface area contributed by atoms with E-state index in [0.717, 1.165) is 191 Å². The maximum Gasteiger partial charge on any atom is 0.257 e. The van der Waals surface area contributed by atoms with Gasteiger partial charge >= 0.3 is 0 Å². The van der Waals surface area contributed by atoms with Crippen molar-refractivity contribution < 1.29 is 46.0 Å². The van der Waals surface area contributed by atoms with Gasteiger partial charge in [0.1, 0.15) is 27.4 Å². The van der Waals surface area contributed by atoms with E-state index >= 15 is 0 Å². The summed E-state index contributed by atoms with van der Waals surface area (Å²) in [5.74, 6) is 0.983. The Bertz CT molecular complexity index is 3370. The van der Waals surface area contributed by atoms with E-state index in [4.69, 9.17) is 63.2 Å². The van der Waals surface area contributed by atoms with Gasteiger partial charge in [-0.3, -0.25) is 0 Å². The van der Waals surface area contributed by atoms with E-state index in [9.17, 15) is 17.6 Å². The predicted molar refractivity (Wildman–Crippen MR) is 389 cm³/mol. The standard InChI is InChI=1S/C24H32ClF2N5O2.2C24H33ClFN5O2/c1-24(26,27)16-29-18-4-2-17(3-5-18)15-34-22-21(25)14-28-23(31-22)30-19-6-8-20(9-7-19)32-10-12-33-13-11-32;1-17(26)14-27-19-4-2-18(3-5-19)16-33-23-22(25)15-28-24(30-23)29-20-6-8-21(9-7-20)31-10-12-32-13-11-31;1-17(26)14-27-19-7-5-18(6-8-19)16-33-23-22(25)15-28-24(30-23)29-20-3-2-4-21(13-20)31-9-11-32-12-10-31/h6-9,14,17-18,29H,2-5,10-13,15-16H2,1H3,(H,28,30,31);6-9,15,17-19,27H,2-5,10-14,16H2,1H3,(H,28,29,30);2-4,13,15,17-19,27H,5-12,14,16H2,1H3,(H,28,29,30). The fraction of sp³-hybridized carbons (Fsp3) is 0.583. The summed E-state index contributed by atoms with van der Waals surface area (Å²) < 4.78 is 86.3. The molecule has 6 heterocycles. The molecule has 0 amide bonds. The van der Waals surface area contributed by atoms with E-state index in [1.165, 1.54) is 11.9 Å². The first kappa shape index (κ1) is 76.1. The second-order valence-corrected chi connectivity index (χ2v) is 28.0. The number of halogens is 7. The lowest BCUT2D eigenvalue weighted by atomic mass is 9.86. The summed E-state index contributed by atoms with van der Waals surface area (Å²) in [7, 11) is 0. The fourth-order valence-corrected chi connectivity index (χ4v) is 13.3. The zero-order valence-corrected chi connectivity index (χ0v) is 59.9. The molecule has 2 atom stereocenters. The van der Waals surface area contributed by atoms with Gasteiger partial charge in [0.25, 0.3) is 5.92 Å². The number of ether oxygens (including phenoxy) is 6. The summed E-state index contributed by atoms with van der Waals surface area (Å²) in [6.07, 6.45) is 14.9. The zero-order chi connectivity index (χ0) is 70.1. The van der Waals surface area contributed by atoms with E-state index in [1.807, 2.05) is 36.4 Å². The van der Waals surface area contributed by atoms with Gasteiger partial charge in [-0.25, -0.2) is 32.5 Å². The van der Waals surface area contributed by atoms with Gasteiger partial charge < -0.3 is 75.0 Å². The van der Waals surface area contributed by atoms with E-state index in [-0.39, 0.29) is 12.6 Å². The fourth-order valence-electron chi connectivity index (χ4n) is 12.9. The Labute approximate surface area is 600 Å². The Balaban J connectivity index is 0.000000162. The molecule has 28 heteroatoms. The van der Waals surface area contributed by atoms with Gasteiger partial charge in [-0.15, -0.1) is 0 Å². The number of anilines is 9. The molecule has 2 unspecified atom stereocenters. The molecule has 0 bridgehead atoms. The molecule has 3 aliphatic carbocycles. The molecule has 0 radical (unpaired) electrons. The molecular formula is C72H98Cl3F4N15O6. The average molecular weight is 1450 g/mol. The minimum Gasteiger partial charge on any atom is -0.476 e. The second-order valence-electron chi connectivity index (χ2n) is 26.8. The van der Waals surface area contributed by atoms with Crippen molar-refractivity contribution in [3.8, 4) is 17.6 Å². The predicted octanol–water partition coefficient (Wildman–Crippen LogP) is 14.1. The van der Waals surface area contributed by atoms with Gasteiger partial charge in [0.15, 0.2) is 0 Å². The van der Waals surface area contributed by atoms with Crippen molar-refractivity contribution in [3.63, 3.8) is 0 Å². The molecule has 546 valence electrons. The van der Waals surface area contributed by atoms with Crippen molar-refractivity contribution in [2.24, 2.45) is 17.8 Å². The first-order chi connectivity index (χ1) is 48.5. The number of aromatic nitrogens is 6. The largest absolute Gasteiger partial charge is 0.476 e. The Morgan fingerprint density at radius 2 is 0.790 bits per heavy atom. The van der Waals surface area contributed by atoms with Gasteiger partial charge in [-0.2, -0.15) is 15.0 Å². The van der Waals surface area contributed by atoms with Crippen LogP contribution in [-0.4, -0.2) is 185 Å². The SMILES string of the molecule is CC(F)(F)CNC1CCC(COc2nc(Nc3ccc(N4CCOCC4)cc3)ncc2Cl)CC1.CC(F)CNC1CCC(COc2nc(Nc3ccc(N4CCOCC4)cc3)ncc2Cl)CC1.CC(F)CNC1CCC(COc2nc(Nc3cccc(N4CCOCC4)c3)ncc2Cl)CC1. The van der Waals surface area contributed by atoms with Gasteiger partial charge in [-0.1, -0.05) is 40.9 Å². The highest BCUT2D eigenvalue weighted by molar-refractivity contribution is 6.32. The number of alkyl halides is 4. The summed E-state index contributed by atoms with van der Waals surface area (Å²) in [5.41, 5.74) is 6.14. The minimum atomic E-state index is -2.68. The number of nitrogens with zero attached hydrogens (tertiary/aromatic N) is 9. The van der Waals surface area contributed by atoms with Gasteiger partial charge in [-0.05, 0) is 175 Å². The van der Waals surface area contributed by atoms with Crippen LogP contribution in [0.4, 0.5) is 69.5 Å². The van der Waals surface area contributed by atoms with Crippen LogP contribution in [0, 0.1) is 17.8 Å².